The van der Waals surface area contributed by atoms with Gasteiger partial charge in [0, 0.05) is 24.8 Å². The summed E-state index contributed by atoms with van der Waals surface area (Å²) in [5, 5.41) is 6.17. The molecule has 112 valence electrons. The summed E-state index contributed by atoms with van der Waals surface area (Å²) in [4.78, 5) is 8.91. The number of ether oxygens (including phenoxy) is 1. The Bertz CT molecular complexity index is 803. The van der Waals surface area contributed by atoms with Crippen molar-refractivity contribution in [1.29, 1.82) is 0 Å². The number of aromatic nitrogens is 3. The molecule has 0 atom stereocenters. The highest BCUT2D eigenvalue weighted by Gasteiger charge is 2.36. The molecule has 0 radical (unpaired) electrons. The Kier molecular flexibility index (Phi) is 3.13. The largest absolute Gasteiger partial charge is 0.381 e. The average Bonchev–Trinajstić information content (AvgIpc) is 3.06. The smallest absolute Gasteiger partial charge is 0.247 e. The Morgan fingerprint density at radius 3 is 2.77 bits per heavy atom. The first-order valence-corrected chi connectivity index (χ1v) is 7.31. The number of benzene rings is 1. The van der Waals surface area contributed by atoms with E-state index in [1.54, 1.807) is 6.20 Å². The first kappa shape index (κ1) is 13.4. The highest BCUT2D eigenvalue weighted by Crippen LogP contribution is 2.30. The first-order chi connectivity index (χ1) is 10.8. The van der Waals surface area contributed by atoms with Gasteiger partial charge < -0.3 is 15.0 Å². The van der Waals surface area contributed by atoms with Gasteiger partial charge in [-0.15, -0.1) is 0 Å². The van der Waals surface area contributed by atoms with E-state index in [9.17, 15) is 0 Å². The van der Waals surface area contributed by atoms with Crippen molar-refractivity contribution in [2.45, 2.75) is 18.4 Å². The number of hydrogen-bond donors (Lipinski definition) is 1. The van der Waals surface area contributed by atoms with Gasteiger partial charge in [-0.1, -0.05) is 29.4 Å². The maximum atomic E-state index is 6.39. The van der Waals surface area contributed by atoms with Crippen molar-refractivity contribution in [1.82, 2.24) is 15.1 Å². The molecule has 22 heavy (non-hydrogen) atoms. The number of hydrogen-bond acceptors (Lipinski definition) is 6. The van der Waals surface area contributed by atoms with E-state index in [1.807, 2.05) is 30.3 Å². The van der Waals surface area contributed by atoms with Crippen LogP contribution in [0.3, 0.4) is 0 Å². The lowest BCUT2D eigenvalue weighted by Crippen LogP contribution is -2.42. The van der Waals surface area contributed by atoms with E-state index in [0.717, 1.165) is 10.8 Å². The van der Waals surface area contributed by atoms with E-state index >= 15 is 0 Å². The standard InChI is InChI=1S/C16H16N4O2/c17-16(6-9-21-10-7-16)15-19-14(20-22-15)13-12-4-2-1-3-11(12)5-8-18-13/h1-5,8H,6-7,9-10,17H2. The Balaban J connectivity index is 1.77. The fourth-order valence-corrected chi connectivity index (χ4v) is 2.77. The number of nitrogens with two attached hydrogens (primary N) is 1. The summed E-state index contributed by atoms with van der Waals surface area (Å²) in [6.45, 7) is 1.22. The molecule has 3 heterocycles. The summed E-state index contributed by atoms with van der Waals surface area (Å²) >= 11 is 0. The molecule has 1 saturated heterocycles. The lowest BCUT2D eigenvalue weighted by Gasteiger charge is -2.29. The molecule has 0 saturated carbocycles. The van der Waals surface area contributed by atoms with Gasteiger partial charge in [-0.25, -0.2) is 0 Å². The van der Waals surface area contributed by atoms with Crippen LogP contribution < -0.4 is 5.73 Å². The highest BCUT2D eigenvalue weighted by atomic mass is 16.5. The van der Waals surface area contributed by atoms with Gasteiger partial charge in [0.2, 0.25) is 11.7 Å². The third kappa shape index (κ3) is 2.17. The van der Waals surface area contributed by atoms with Crippen LogP contribution in [0.1, 0.15) is 18.7 Å². The second-order valence-corrected chi connectivity index (χ2v) is 5.57. The van der Waals surface area contributed by atoms with Crippen molar-refractivity contribution in [2.75, 3.05) is 13.2 Å². The van der Waals surface area contributed by atoms with Crippen LogP contribution in [0.15, 0.2) is 41.1 Å². The van der Waals surface area contributed by atoms with Gasteiger partial charge in [0.1, 0.15) is 11.2 Å². The maximum Gasteiger partial charge on any atom is 0.247 e. The lowest BCUT2D eigenvalue weighted by atomic mass is 9.91. The summed E-state index contributed by atoms with van der Waals surface area (Å²) in [6.07, 6.45) is 3.11. The van der Waals surface area contributed by atoms with E-state index < -0.39 is 5.54 Å². The zero-order chi connectivity index (χ0) is 15.0. The van der Waals surface area contributed by atoms with Crippen molar-refractivity contribution < 1.29 is 9.26 Å². The van der Waals surface area contributed by atoms with Gasteiger partial charge in [-0.05, 0) is 24.3 Å². The predicted octanol–water partition coefficient (Wildman–Crippen LogP) is 2.25. The summed E-state index contributed by atoms with van der Waals surface area (Å²) in [7, 11) is 0. The molecule has 3 aromatic rings. The summed E-state index contributed by atoms with van der Waals surface area (Å²) in [6, 6.07) is 9.95. The zero-order valence-corrected chi connectivity index (χ0v) is 12.0. The fraction of sp³-hybridized carbons (Fsp3) is 0.312. The Hall–Kier alpha value is -2.31. The normalized spacial score (nSPS) is 17.7. The van der Waals surface area contributed by atoms with E-state index in [-0.39, 0.29) is 0 Å². The van der Waals surface area contributed by atoms with E-state index in [4.69, 9.17) is 15.0 Å². The van der Waals surface area contributed by atoms with Crippen molar-refractivity contribution in [3.63, 3.8) is 0 Å². The van der Waals surface area contributed by atoms with Crippen LogP contribution in [0.4, 0.5) is 0 Å². The molecule has 0 spiro atoms. The molecule has 1 aliphatic rings. The van der Waals surface area contributed by atoms with Crippen LogP contribution in [0.2, 0.25) is 0 Å². The van der Waals surface area contributed by atoms with Crippen LogP contribution in [-0.4, -0.2) is 28.3 Å². The molecule has 1 fully saturated rings. The van der Waals surface area contributed by atoms with Crippen LogP contribution in [0.25, 0.3) is 22.3 Å². The molecular weight excluding hydrogens is 280 g/mol. The molecule has 0 bridgehead atoms. The van der Waals surface area contributed by atoms with Crippen molar-refractivity contribution >= 4 is 10.8 Å². The molecule has 6 heteroatoms. The molecule has 6 nitrogen and oxygen atoms in total. The van der Waals surface area contributed by atoms with Crippen LogP contribution in [0.5, 0.6) is 0 Å². The Morgan fingerprint density at radius 1 is 1.09 bits per heavy atom. The van der Waals surface area contributed by atoms with Gasteiger partial charge in [0.05, 0.1) is 0 Å². The topological polar surface area (TPSA) is 87.1 Å². The highest BCUT2D eigenvalue weighted by molar-refractivity contribution is 5.92. The molecule has 1 aliphatic heterocycles. The van der Waals surface area contributed by atoms with Crippen molar-refractivity contribution in [3.8, 4) is 11.5 Å². The van der Waals surface area contributed by atoms with Gasteiger partial charge in [0.15, 0.2) is 0 Å². The molecule has 0 unspecified atom stereocenters. The minimum atomic E-state index is -0.603. The average molecular weight is 296 g/mol. The van der Waals surface area contributed by atoms with Crippen molar-refractivity contribution in [2.24, 2.45) is 5.73 Å². The molecule has 2 N–H and O–H groups in total. The predicted molar refractivity (Wildman–Crippen MR) is 81.0 cm³/mol. The van der Waals surface area contributed by atoms with Gasteiger partial charge >= 0.3 is 0 Å². The van der Waals surface area contributed by atoms with Gasteiger partial charge in [0.25, 0.3) is 0 Å². The molecular formula is C16H16N4O2. The third-order valence-corrected chi connectivity index (χ3v) is 4.12. The van der Waals surface area contributed by atoms with Crippen LogP contribution in [-0.2, 0) is 10.3 Å². The fourth-order valence-electron chi connectivity index (χ4n) is 2.77. The minimum Gasteiger partial charge on any atom is -0.381 e. The second kappa shape index (κ2) is 5.15. The molecule has 0 aliphatic carbocycles. The van der Waals surface area contributed by atoms with E-state index in [2.05, 4.69) is 15.1 Å². The molecule has 4 rings (SSSR count). The zero-order valence-electron chi connectivity index (χ0n) is 12.0. The monoisotopic (exact) mass is 296 g/mol. The van der Waals surface area contributed by atoms with Gasteiger partial charge in [-0.2, -0.15) is 4.98 Å². The number of rotatable bonds is 2. The Labute approximate surface area is 127 Å². The SMILES string of the molecule is NC1(c2nc(-c3nccc4ccccc34)no2)CCOCC1. The van der Waals surface area contributed by atoms with Crippen LogP contribution in [0, 0.1) is 0 Å². The van der Waals surface area contributed by atoms with Crippen molar-refractivity contribution in [3.05, 3.63) is 42.4 Å². The first-order valence-electron chi connectivity index (χ1n) is 7.31. The molecule has 1 aromatic carbocycles. The maximum absolute atomic E-state index is 6.39. The molecule has 0 amide bonds. The quantitative estimate of drug-likeness (QED) is 0.780. The van der Waals surface area contributed by atoms with E-state index in [1.165, 1.54) is 0 Å². The summed E-state index contributed by atoms with van der Waals surface area (Å²) in [5.74, 6) is 0.934. The van der Waals surface area contributed by atoms with E-state index in [0.29, 0.717) is 43.5 Å². The number of fused-ring (bicyclic) bond motifs is 1. The van der Waals surface area contributed by atoms with Gasteiger partial charge in [-0.3, -0.25) is 4.98 Å². The minimum absolute atomic E-state index is 0.459. The Morgan fingerprint density at radius 2 is 1.91 bits per heavy atom. The number of nitrogens with zero attached hydrogens (tertiary/aromatic N) is 3. The van der Waals surface area contributed by atoms with Crippen LogP contribution >= 0.6 is 0 Å². The summed E-state index contributed by atoms with van der Waals surface area (Å²) in [5.41, 5.74) is 6.50. The number of pyridine rings is 1. The summed E-state index contributed by atoms with van der Waals surface area (Å²) < 4.78 is 10.8. The second-order valence-electron chi connectivity index (χ2n) is 5.57. The third-order valence-electron chi connectivity index (χ3n) is 4.12. The molecule has 2 aromatic heterocycles. The lowest BCUT2D eigenvalue weighted by molar-refractivity contribution is 0.0400.